The number of hydrogen-bond acceptors (Lipinski definition) is 3. The van der Waals surface area contributed by atoms with Crippen molar-refractivity contribution in [3.63, 3.8) is 0 Å². The minimum absolute atomic E-state index is 0.0211. The van der Waals surface area contributed by atoms with E-state index in [2.05, 4.69) is 15.5 Å². The number of amides is 2. The zero-order chi connectivity index (χ0) is 19.8. The van der Waals surface area contributed by atoms with Crippen molar-refractivity contribution in [2.75, 3.05) is 19.6 Å². The summed E-state index contributed by atoms with van der Waals surface area (Å²) < 4.78 is 12.9. The first-order chi connectivity index (χ1) is 13.6. The molecule has 154 valence electrons. The lowest BCUT2D eigenvalue weighted by Gasteiger charge is -2.31. The van der Waals surface area contributed by atoms with E-state index in [1.807, 2.05) is 0 Å². The van der Waals surface area contributed by atoms with Gasteiger partial charge in [-0.1, -0.05) is 31.4 Å². The molecule has 1 aliphatic carbocycles. The molecule has 2 fully saturated rings. The Morgan fingerprint density at radius 2 is 1.68 bits per heavy atom. The van der Waals surface area contributed by atoms with E-state index in [1.165, 1.54) is 31.4 Å². The predicted molar refractivity (Wildman–Crippen MR) is 107 cm³/mol. The zero-order valence-electron chi connectivity index (χ0n) is 16.6. The van der Waals surface area contributed by atoms with Crippen molar-refractivity contribution in [2.24, 2.45) is 5.92 Å². The Bertz CT molecular complexity index is 636. The Hall–Kier alpha value is -1.95. The highest BCUT2D eigenvalue weighted by atomic mass is 19.1. The summed E-state index contributed by atoms with van der Waals surface area (Å²) in [6.45, 7) is 2.90. The average Bonchev–Trinajstić information content (AvgIpc) is 2.73. The van der Waals surface area contributed by atoms with Gasteiger partial charge in [0.05, 0.1) is 0 Å². The molecule has 0 atom stereocenters. The van der Waals surface area contributed by atoms with Crippen molar-refractivity contribution in [1.82, 2.24) is 15.5 Å². The topological polar surface area (TPSA) is 61.4 Å². The van der Waals surface area contributed by atoms with Gasteiger partial charge in [0, 0.05) is 31.5 Å². The van der Waals surface area contributed by atoms with Crippen molar-refractivity contribution in [1.29, 1.82) is 0 Å². The Morgan fingerprint density at radius 1 is 1.00 bits per heavy atom. The Morgan fingerprint density at radius 3 is 2.36 bits per heavy atom. The maximum atomic E-state index is 12.9. The molecule has 3 rings (SSSR count). The van der Waals surface area contributed by atoms with Crippen LogP contribution >= 0.6 is 0 Å². The van der Waals surface area contributed by atoms with Gasteiger partial charge in [0.1, 0.15) is 5.82 Å². The standard InChI is InChI=1S/C22H32FN3O2/c23-19-8-6-17(7-9-19)16-24-22(28)18-10-13-26(14-11-18)15-12-21(27)25-20-4-2-1-3-5-20/h6-9,18,20H,1-5,10-16H2,(H,24,28)(H,25,27). The van der Waals surface area contributed by atoms with Crippen LogP contribution in [0.5, 0.6) is 0 Å². The van der Waals surface area contributed by atoms with Crippen LogP contribution in [0.3, 0.4) is 0 Å². The van der Waals surface area contributed by atoms with Gasteiger partial charge in [0.2, 0.25) is 11.8 Å². The number of likely N-dealkylation sites (tertiary alicyclic amines) is 1. The van der Waals surface area contributed by atoms with Crippen LogP contribution in [0.15, 0.2) is 24.3 Å². The highest BCUT2D eigenvalue weighted by Crippen LogP contribution is 2.19. The summed E-state index contributed by atoms with van der Waals surface area (Å²) in [5, 5.41) is 6.12. The molecule has 2 N–H and O–H groups in total. The minimum Gasteiger partial charge on any atom is -0.353 e. The zero-order valence-corrected chi connectivity index (χ0v) is 16.6. The highest BCUT2D eigenvalue weighted by Gasteiger charge is 2.25. The van der Waals surface area contributed by atoms with Gasteiger partial charge in [0.15, 0.2) is 0 Å². The van der Waals surface area contributed by atoms with E-state index in [4.69, 9.17) is 0 Å². The molecule has 5 nitrogen and oxygen atoms in total. The number of piperidine rings is 1. The summed E-state index contributed by atoms with van der Waals surface area (Å²) in [7, 11) is 0. The normalized spacial score (nSPS) is 19.3. The van der Waals surface area contributed by atoms with Crippen LogP contribution in [0, 0.1) is 11.7 Å². The molecule has 6 heteroatoms. The Kier molecular flexibility index (Phi) is 7.83. The molecule has 0 unspecified atom stereocenters. The fourth-order valence-corrected chi connectivity index (χ4v) is 4.16. The number of benzene rings is 1. The molecule has 1 saturated heterocycles. The highest BCUT2D eigenvalue weighted by molar-refractivity contribution is 5.78. The molecule has 1 aliphatic heterocycles. The lowest BCUT2D eigenvalue weighted by atomic mass is 9.95. The first-order valence-electron chi connectivity index (χ1n) is 10.6. The second-order valence-electron chi connectivity index (χ2n) is 8.11. The molecule has 1 saturated carbocycles. The quantitative estimate of drug-likeness (QED) is 0.754. The van der Waals surface area contributed by atoms with E-state index >= 15 is 0 Å². The molecule has 2 amide bonds. The Labute approximate surface area is 167 Å². The monoisotopic (exact) mass is 389 g/mol. The van der Waals surface area contributed by atoms with Crippen LogP contribution in [0.25, 0.3) is 0 Å². The van der Waals surface area contributed by atoms with Gasteiger partial charge in [-0.2, -0.15) is 0 Å². The van der Waals surface area contributed by atoms with Crippen molar-refractivity contribution in [3.8, 4) is 0 Å². The van der Waals surface area contributed by atoms with E-state index in [9.17, 15) is 14.0 Å². The van der Waals surface area contributed by atoms with Crippen molar-refractivity contribution in [2.45, 2.75) is 64.0 Å². The summed E-state index contributed by atoms with van der Waals surface area (Å²) in [5.41, 5.74) is 0.899. The predicted octanol–water partition coefficient (Wildman–Crippen LogP) is 2.99. The van der Waals surface area contributed by atoms with Gasteiger partial charge >= 0.3 is 0 Å². The summed E-state index contributed by atoms with van der Waals surface area (Å²) in [4.78, 5) is 26.8. The largest absolute Gasteiger partial charge is 0.353 e. The maximum absolute atomic E-state index is 12.9. The summed E-state index contributed by atoms with van der Waals surface area (Å²) in [6, 6.07) is 6.57. The summed E-state index contributed by atoms with van der Waals surface area (Å²) >= 11 is 0. The van der Waals surface area contributed by atoms with E-state index < -0.39 is 0 Å². The minimum atomic E-state index is -0.269. The van der Waals surface area contributed by atoms with Crippen molar-refractivity contribution < 1.29 is 14.0 Å². The third kappa shape index (κ3) is 6.59. The molecule has 0 bridgehead atoms. The van der Waals surface area contributed by atoms with E-state index in [1.54, 1.807) is 12.1 Å². The van der Waals surface area contributed by atoms with Gasteiger partial charge in [-0.15, -0.1) is 0 Å². The molecule has 0 radical (unpaired) electrons. The van der Waals surface area contributed by atoms with Crippen LogP contribution in [0.1, 0.15) is 56.9 Å². The Balaban J connectivity index is 1.30. The number of hydrogen-bond donors (Lipinski definition) is 2. The number of nitrogens with zero attached hydrogens (tertiary/aromatic N) is 1. The first-order valence-corrected chi connectivity index (χ1v) is 10.6. The summed E-state index contributed by atoms with van der Waals surface area (Å²) in [6.07, 6.45) is 8.15. The van der Waals surface area contributed by atoms with E-state index in [0.717, 1.165) is 50.9 Å². The molecule has 28 heavy (non-hydrogen) atoms. The lowest BCUT2D eigenvalue weighted by molar-refractivity contribution is -0.127. The molecule has 1 aromatic carbocycles. The second kappa shape index (κ2) is 10.6. The number of carbonyl (C=O) groups excluding carboxylic acids is 2. The second-order valence-corrected chi connectivity index (χ2v) is 8.11. The van der Waals surface area contributed by atoms with Crippen LogP contribution in [-0.4, -0.2) is 42.4 Å². The fraction of sp³-hybridized carbons (Fsp3) is 0.636. The molecule has 1 aromatic rings. The van der Waals surface area contributed by atoms with Crippen LogP contribution in [0.4, 0.5) is 4.39 Å². The van der Waals surface area contributed by atoms with Gasteiger partial charge in [-0.05, 0) is 56.5 Å². The molecule has 0 spiro atoms. The van der Waals surface area contributed by atoms with E-state index in [-0.39, 0.29) is 23.5 Å². The van der Waals surface area contributed by atoms with Crippen molar-refractivity contribution in [3.05, 3.63) is 35.6 Å². The molecule has 2 aliphatic rings. The lowest BCUT2D eigenvalue weighted by Crippen LogP contribution is -2.42. The first kappa shape index (κ1) is 20.8. The van der Waals surface area contributed by atoms with Crippen LogP contribution in [0.2, 0.25) is 0 Å². The SMILES string of the molecule is O=C(CCN1CCC(C(=O)NCc2ccc(F)cc2)CC1)NC1CCCCC1. The smallest absolute Gasteiger partial charge is 0.223 e. The average molecular weight is 390 g/mol. The van der Waals surface area contributed by atoms with Gasteiger partial charge in [0.25, 0.3) is 0 Å². The number of carbonyl (C=O) groups is 2. The van der Waals surface area contributed by atoms with Gasteiger partial charge < -0.3 is 15.5 Å². The third-order valence-electron chi connectivity index (χ3n) is 5.96. The van der Waals surface area contributed by atoms with Crippen molar-refractivity contribution >= 4 is 11.8 Å². The fourth-order valence-electron chi connectivity index (χ4n) is 4.16. The van der Waals surface area contributed by atoms with Gasteiger partial charge in [-0.25, -0.2) is 4.39 Å². The van der Waals surface area contributed by atoms with Gasteiger partial charge in [-0.3, -0.25) is 9.59 Å². The number of halogens is 1. The number of nitrogens with one attached hydrogen (secondary N) is 2. The van der Waals surface area contributed by atoms with E-state index in [0.29, 0.717) is 19.0 Å². The molecule has 0 aromatic heterocycles. The molecule has 1 heterocycles. The summed E-state index contributed by atoms with van der Waals surface area (Å²) in [5.74, 6) is -0.0206. The third-order valence-corrected chi connectivity index (χ3v) is 5.96. The molecular weight excluding hydrogens is 357 g/mol. The number of rotatable bonds is 7. The van der Waals surface area contributed by atoms with Crippen LogP contribution < -0.4 is 10.6 Å². The van der Waals surface area contributed by atoms with Crippen LogP contribution in [-0.2, 0) is 16.1 Å². The maximum Gasteiger partial charge on any atom is 0.223 e. The molecular formula is C22H32FN3O2.